The van der Waals surface area contributed by atoms with E-state index in [4.69, 9.17) is 22.1 Å². The van der Waals surface area contributed by atoms with E-state index in [0.29, 0.717) is 16.5 Å². The zero-order chi connectivity index (χ0) is 14.0. The molecule has 0 spiro atoms. The van der Waals surface area contributed by atoms with E-state index in [2.05, 4.69) is 10.2 Å². The van der Waals surface area contributed by atoms with E-state index in [1.807, 2.05) is 6.92 Å². The van der Waals surface area contributed by atoms with Crippen LogP contribution in [0.2, 0.25) is 5.15 Å². The molecule has 0 bridgehead atoms. The summed E-state index contributed by atoms with van der Waals surface area (Å²) in [5.41, 5.74) is 6.89. The Hall–Kier alpha value is -2.02. The molecule has 2 heterocycles. The van der Waals surface area contributed by atoms with Crippen LogP contribution in [0.5, 0.6) is 0 Å². The lowest BCUT2D eigenvalue weighted by atomic mass is 10.3. The van der Waals surface area contributed by atoms with Crippen LogP contribution in [0.25, 0.3) is 0 Å². The smallest absolute Gasteiger partial charge is 0.328 e. The van der Waals surface area contributed by atoms with Crippen LogP contribution in [0.4, 0.5) is 5.82 Å². The quantitative estimate of drug-likeness (QED) is 0.843. The minimum atomic E-state index is -0.414. The predicted octanol–water partition coefficient (Wildman–Crippen LogP) is 0.904. The monoisotopic (exact) mass is 283 g/mol. The molecule has 0 saturated heterocycles. The van der Waals surface area contributed by atoms with Crippen LogP contribution >= 0.6 is 11.6 Å². The molecular weight excluding hydrogens is 270 g/mol. The molecule has 19 heavy (non-hydrogen) atoms. The van der Waals surface area contributed by atoms with Crippen molar-refractivity contribution in [1.82, 2.24) is 19.6 Å². The van der Waals surface area contributed by atoms with Gasteiger partial charge in [0.2, 0.25) is 0 Å². The second-order valence-electron chi connectivity index (χ2n) is 4.08. The average Bonchev–Trinajstić information content (AvgIpc) is 2.83. The van der Waals surface area contributed by atoms with Gasteiger partial charge in [-0.3, -0.25) is 14.2 Å². The van der Waals surface area contributed by atoms with Gasteiger partial charge in [0.1, 0.15) is 24.1 Å². The third-order valence-corrected chi connectivity index (χ3v) is 3.07. The molecule has 0 saturated carbocycles. The molecule has 0 aromatic carbocycles. The highest BCUT2D eigenvalue weighted by Gasteiger charge is 2.13. The van der Waals surface area contributed by atoms with Crippen LogP contribution in [0.3, 0.4) is 0 Å². The second-order valence-corrected chi connectivity index (χ2v) is 4.44. The fourth-order valence-electron chi connectivity index (χ4n) is 1.63. The van der Waals surface area contributed by atoms with E-state index in [9.17, 15) is 4.79 Å². The van der Waals surface area contributed by atoms with E-state index in [1.165, 1.54) is 9.36 Å². The van der Waals surface area contributed by atoms with Crippen molar-refractivity contribution in [1.29, 1.82) is 0 Å². The summed E-state index contributed by atoms with van der Waals surface area (Å²) in [6, 6.07) is 1.61. The van der Waals surface area contributed by atoms with Gasteiger partial charge in [0.05, 0.1) is 5.69 Å². The highest BCUT2D eigenvalue weighted by atomic mass is 35.5. The van der Waals surface area contributed by atoms with E-state index in [-0.39, 0.29) is 13.2 Å². The van der Waals surface area contributed by atoms with Crippen molar-refractivity contribution >= 4 is 23.4 Å². The molecule has 2 N–H and O–H groups in total. The Balaban J connectivity index is 1.93. The number of hydrogen-bond donors (Lipinski definition) is 1. The molecule has 0 unspecified atom stereocenters. The summed E-state index contributed by atoms with van der Waals surface area (Å²) >= 11 is 6.04. The van der Waals surface area contributed by atoms with Crippen molar-refractivity contribution in [2.24, 2.45) is 7.05 Å². The van der Waals surface area contributed by atoms with Crippen molar-refractivity contribution in [3.8, 4) is 0 Å². The number of halogens is 1. The van der Waals surface area contributed by atoms with Gasteiger partial charge < -0.3 is 10.5 Å². The number of hydrogen-bond acceptors (Lipinski definition) is 5. The number of carbonyl (C=O) groups excluding carboxylic acids is 1. The molecule has 7 nitrogen and oxygen atoms in total. The third-order valence-electron chi connectivity index (χ3n) is 2.60. The summed E-state index contributed by atoms with van der Waals surface area (Å²) < 4.78 is 8.09. The number of carbonyl (C=O) groups is 1. The minimum Gasteiger partial charge on any atom is -0.459 e. The Kier molecular flexibility index (Phi) is 3.75. The zero-order valence-corrected chi connectivity index (χ0v) is 11.4. The summed E-state index contributed by atoms with van der Waals surface area (Å²) in [4.78, 5) is 11.6. The first-order valence-corrected chi connectivity index (χ1v) is 5.97. The van der Waals surface area contributed by atoms with Crippen LogP contribution in [-0.2, 0) is 29.7 Å². The summed E-state index contributed by atoms with van der Waals surface area (Å²) in [5, 5.41) is 8.50. The Morgan fingerprint density at radius 3 is 2.79 bits per heavy atom. The number of ether oxygens (including phenoxy) is 1. The van der Waals surface area contributed by atoms with Gasteiger partial charge in [0.15, 0.2) is 0 Å². The molecule has 0 aliphatic heterocycles. The lowest BCUT2D eigenvalue weighted by molar-refractivity contribution is -0.145. The zero-order valence-electron chi connectivity index (χ0n) is 10.6. The maximum Gasteiger partial charge on any atom is 0.328 e. The van der Waals surface area contributed by atoms with E-state index in [0.717, 1.165) is 5.69 Å². The lowest BCUT2D eigenvalue weighted by Crippen LogP contribution is -2.14. The second kappa shape index (κ2) is 5.31. The van der Waals surface area contributed by atoms with Crippen LogP contribution in [-0.4, -0.2) is 25.5 Å². The van der Waals surface area contributed by atoms with E-state index in [1.54, 1.807) is 19.3 Å². The Morgan fingerprint density at radius 1 is 1.53 bits per heavy atom. The predicted molar refractivity (Wildman–Crippen MR) is 69.4 cm³/mol. The summed E-state index contributed by atoms with van der Waals surface area (Å²) in [6.45, 7) is 1.91. The van der Waals surface area contributed by atoms with Gasteiger partial charge in [-0.25, -0.2) is 0 Å². The van der Waals surface area contributed by atoms with Gasteiger partial charge >= 0.3 is 5.97 Å². The van der Waals surface area contributed by atoms with Gasteiger partial charge in [-0.1, -0.05) is 11.6 Å². The van der Waals surface area contributed by atoms with Crippen molar-refractivity contribution in [3.63, 3.8) is 0 Å². The van der Waals surface area contributed by atoms with Crippen molar-refractivity contribution < 1.29 is 9.53 Å². The Labute approximate surface area is 114 Å². The molecule has 2 aromatic heterocycles. The topological polar surface area (TPSA) is 88.0 Å². The largest absolute Gasteiger partial charge is 0.459 e. The van der Waals surface area contributed by atoms with Crippen LogP contribution in [0.15, 0.2) is 12.3 Å². The molecule has 2 rings (SSSR count). The minimum absolute atomic E-state index is 0.00806. The number of aromatic nitrogens is 4. The Bertz CT molecular complexity index is 604. The van der Waals surface area contributed by atoms with Crippen molar-refractivity contribution in [3.05, 3.63) is 28.7 Å². The highest BCUT2D eigenvalue weighted by Crippen LogP contribution is 2.19. The first kappa shape index (κ1) is 13.4. The fraction of sp³-hybridized carbons (Fsp3) is 0.364. The first-order valence-electron chi connectivity index (χ1n) is 5.60. The highest BCUT2D eigenvalue weighted by molar-refractivity contribution is 6.30. The number of nitrogen functional groups attached to an aromatic ring is 1. The van der Waals surface area contributed by atoms with Gasteiger partial charge in [-0.15, -0.1) is 0 Å². The van der Waals surface area contributed by atoms with Gasteiger partial charge in [-0.05, 0) is 13.0 Å². The van der Waals surface area contributed by atoms with Crippen LogP contribution in [0.1, 0.15) is 11.3 Å². The standard InChI is InChI=1S/C11H14ClN5O2/c1-7-8(11(12)16(2)14-7)6-19-10(18)5-17-4-3-9(13)15-17/h3-4H,5-6H2,1-2H3,(H2,13,15). The maximum atomic E-state index is 11.6. The number of anilines is 1. The SMILES string of the molecule is Cc1nn(C)c(Cl)c1COC(=O)Cn1ccc(N)n1. The molecule has 8 heteroatoms. The van der Waals surface area contributed by atoms with Gasteiger partial charge in [0.25, 0.3) is 0 Å². The summed E-state index contributed by atoms with van der Waals surface area (Å²) in [5.74, 6) is -0.0543. The molecule has 0 aliphatic rings. The molecule has 0 radical (unpaired) electrons. The van der Waals surface area contributed by atoms with Crippen LogP contribution in [0, 0.1) is 6.92 Å². The molecular formula is C11H14ClN5O2. The number of aryl methyl sites for hydroxylation is 2. The molecule has 2 aromatic rings. The fourth-order valence-corrected chi connectivity index (χ4v) is 1.86. The number of rotatable bonds is 4. The lowest BCUT2D eigenvalue weighted by Gasteiger charge is -2.04. The molecule has 0 amide bonds. The summed E-state index contributed by atoms with van der Waals surface area (Å²) in [7, 11) is 1.73. The molecule has 0 aliphatic carbocycles. The maximum absolute atomic E-state index is 11.6. The molecule has 0 fully saturated rings. The number of esters is 1. The van der Waals surface area contributed by atoms with Crippen molar-refractivity contribution in [2.75, 3.05) is 5.73 Å². The normalized spacial score (nSPS) is 10.7. The van der Waals surface area contributed by atoms with Crippen LogP contribution < -0.4 is 5.73 Å². The number of nitrogens with zero attached hydrogens (tertiary/aromatic N) is 4. The van der Waals surface area contributed by atoms with Crippen molar-refractivity contribution in [2.45, 2.75) is 20.1 Å². The van der Waals surface area contributed by atoms with E-state index < -0.39 is 5.97 Å². The summed E-state index contributed by atoms with van der Waals surface area (Å²) in [6.07, 6.45) is 1.61. The Morgan fingerprint density at radius 2 is 2.26 bits per heavy atom. The van der Waals surface area contributed by atoms with Gasteiger partial charge in [0, 0.05) is 18.8 Å². The van der Waals surface area contributed by atoms with E-state index >= 15 is 0 Å². The first-order chi connectivity index (χ1) is 8.97. The average molecular weight is 284 g/mol. The third kappa shape index (κ3) is 3.05. The van der Waals surface area contributed by atoms with Gasteiger partial charge in [-0.2, -0.15) is 10.2 Å². The molecule has 102 valence electrons. The molecule has 0 atom stereocenters. The number of nitrogens with two attached hydrogens (primary N) is 1.